The first-order chi connectivity index (χ1) is 10.5. The van der Waals surface area contributed by atoms with E-state index in [-0.39, 0.29) is 24.4 Å². The van der Waals surface area contributed by atoms with Gasteiger partial charge in [-0.15, -0.1) is 0 Å². The number of rotatable bonds is 5. The van der Waals surface area contributed by atoms with E-state index in [2.05, 4.69) is 10.6 Å². The first kappa shape index (κ1) is 16.7. The van der Waals surface area contributed by atoms with E-state index in [1.807, 2.05) is 6.92 Å². The second-order valence-electron chi connectivity index (χ2n) is 5.86. The predicted molar refractivity (Wildman–Crippen MR) is 81.1 cm³/mol. The van der Waals surface area contributed by atoms with Crippen LogP contribution in [0.5, 0.6) is 0 Å². The Balaban J connectivity index is 1.75. The molecule has 3 N–H and O–H groups in total. The lowest BCUT2D eigenvalue weighted by atomic mass is 9.94. The van der Waals surface area contributed by atoms with Crippen LogP contribution in [-0.2, 0) is 11.2 Å². The van der Waals surface area contributed by atoms with Crippen LogP contribution in [0.15, 0.2) is 24.3 Å². The molecule has 22 heavy (non-hydrogen) atoms. The quantitative estimate of drug-likeness (QED) is 0.773. The highest BCUT2D eigenvalue weighted by Gasteiger charge is 2.30. The Morgan fingerprint density at radius 2 is 2.09 bits per heavy atom. The standard InChI is InChI=1S/C16H23FN2O3/c1-12(10-13-4-2-3-5-14(13)17)19-15(20)18-11-16(21)6-8-22-9-7-16/h2-5,12,21H,6-11H2,1H3,(H2,18,19,20). The minimum absolute atomic E-state index is 0.189. The van der Waals surface area contributed by atoms with Gasteiger partial charge in [0.05, 0.1) is 5.60 Å². The van der Waals surface area contributed by atoms with Gasteiger partial charge in [-0.3, -0.25) is 0 Å². The highest BCUT2D eigenvalue weighted by Crippen LogP contribution is 2.19. The number of benzene rings is 1. The van der Waals surface area contributed by atoms with Crippen LogP contribution in [0.4, 0.5) is 9.18 Å². The van der Waals surface area contributed by atoms with Crippen LogP contribution in [0.3, 0.4) is 0 Å². The van der Waals surface area contributed by atoms with E-state index in [0.717, 1.165) is 0 Å². The van der Waals surface area contributed by atoms with Gasteiger partial charge < -0.3 is 20.5 Å². The molecule has 1 atom stereocenters. The van der Waals surface area contributed by atoms with E-state index in [4.69, 9.17) is 4.74 Å². The normalized spacial score (nSPS) is 18.5. The molecule has 0 aliphatic carbocycles. The first-order valence-corrected chi connectivity index (χ1v) is 7.56. The van der Waals surface area contributed by atoms with Gasteiger partial charge in [0.2, 0.25) is 0 Å². The minimum atomic E-state index is -0.898. The Bertz CT molecular complexity index is 504. The summed E-state index contributed by atoms with van der Waals surface area (Å²) in [5.74, 6) is -0.270. The molecule has 6 heteroatoms. The van der Waals surface area contributed by atoms with Crippen LogP contribution >= 0.6 is 0 Å². The Morgan fingerprint density at radius 3 is 2.77 bits per heavy atom. The van der Waals surface area contributed by atoms with E-state index in [1.165, 1.54) is 6.07 Å². The lowest BCUT2D eigenvalue weighted by Gasteiger charge is -2.32. The minimum Gasteiger partial charge on any atom is -0.388 e. The Kier molecular flexibility index (Phi) is 5.74. The molecule has 0 aromatic heterocycles. The fourth-order valence-corrected chi connectivity index (χ4v) is 2.49. The third-order valence-electron chi connectivity index (χ3n) is 3.86. The Morgan fingerprint density at radius 1 is 1.41 bits per heavy atom. The van der Waals surface area contributed by atoms with Gasteiger partial charge in [0.25, 0.3) is 0 Å². The number of urea groups is 1. The van der Waals surface area contributed by atoms with Crippen molar-refractivity contribution in [3.8, 4) is 0 Å². The van der Waals surface area contributed by atoms with Crippen molar-refractivity contribution < 1.29 is 19.0 Å². The Labute approximate surface area is 129 Å². The van der Waals surface area contributed by atoms with Crippen LogP contribution in [-0.4, -0.2) is 42.5 Å². The summed E-state index contributed by atoms with van der Waals surface area (Å²) in [6.07, 6.45) is 1.44. The molecule has 5 nitrogen and oxygen atoms in total. The summed E-state index contributed by atoms with van der Waals surface area (Å²) < 4.78 is 18.7. The second-order valence-corrected chi connectivity index (χ2v) is 5.86. The van der Waals surface area contributed by atoms with Gasteiger partial charge in [-0.1, -0.05) is 18.2 Å². The van der Waals surface area contributed by atoms with Gasteiger partial charge in [0, 0.05) is 38.6 Å². The van der Waals surface area contributed by atoms with E-state index in [1.54, 1.807) is 18.2 Å². The number of hydrogen-bond donors (Lipinski definition) is 3. The predicted octanol–water partition coefficient (Wildman–Crippen LogP) is 1.60. The highest BCUT2D eigenvalue weighted by molar-refractivity contribution is 5.74. The Hall–Kier alpha value is -1.66. The molecule has 1 aliphatic rings. The summed E-state index contributed by atoms with van der Waals surface area (Å²) in [5, 5.41) is 15.7. The third-order valence-corrected chi connectivity index (χ3v) is 3.86. The summed E-state index contributed by atoms with van der Waals surface area (Å²) in [5.41, 5.74) is -0.331. The number of amides is 2. The second kappa shape index (κ2) is 7.56. The zero-order chi connectivity index (χ0) is 16.0. The summed E-state index contributed by atoms with van der Waals surface area (Å²) in [4.78, 5) is 11.9. The molecule has 1 heterocycles. The third kappa shape index (κ3) is 4.96. The molecule has 1 aromatic carbocycles. The number of hydrogen-bond acceptors (Lipinski definition) is 3. The van der Waals surface area contributed by atoms with Crippen LogP contribution < -0.4 is 10.6 Å². The number of aliphatic hydroxyl groups is 1. The van der Waals surface area contributed by atoms with Crippen molar-refractivity contribution in [1.82, 2.24) is 10.6 Å². The number of ether oxygens (including phenoxy) is 1. The molecule has 1 aliphatic heterocycles. The molecule has 122 valence electrons. The fraction of sp³-hybridized carbons (Fsp3) is 0.562. The average molecular weight is 310 g/mol. The van der Waals surface area contributed by atoms with Crippen LogP contribution in [0, 0.1) is 5.82 Å². The summed E-state index contributed by atoms with van der Waals surface area (Å²) in [7, 11) is 0. The van der Waals surface area contributed by atoms with Gasteiger partial charge >= 0.3 is 6.03 Å². The molecule has 2 amide bonds. The van der Waals surface area contributed by atoms with E-state index >= 15 is 0 Å². The number of carbonyl (C=O) groups excluding carboxylic acids is 1. The summed E-state index contributed by atoms with van der Waals surface area (Å²) in [6, 6.07) is 5.95. The van der Waals surface area contributed by atoms with E-state index < -0.39 is 5.60 Å². The van der Waals surface area contributed by atoms with E-state index in [0.29, 0.717) is 38.0 Å². The number of carbonyl (C=O) groups is 1. The van der Waals surface area contributed by atoms with Crippen LogP contribution in [0.2, 0.25) is 0 Å². The van der Waals surface area contributed by atoms with Gasteiger partial charge in [-0.25, -0.2) is 9.18 Å². The van der Waals surface area contributed by atoms with E-state index in [9.17, 15) is 14.3 Å². The van der Waals surface area contributed by atoms with Crippen LogP contribution in [0.25, 0.3) is 0 Å². The SMILES string of the molecule is CC(Cc1ccccc1F)NC(=O)NCC1(O)CCOCC1. The molecular formula is C16H23FN2O3. The largest absolute Gasteiger partial charge is 0.388 e. The molecule has 1 saturated heterocycles. The molecule has 1 aromatic rings. The molecule has 1 fully saturated rings. The smallest absolute Gasteiger partial charge is 0.315 e. The highest BCUT2D eigenvalue weighted by atomic mass is 19.1. The molecule has 1 unspecified atom stereocenters. The molecule has 0 saturated carbocycles. The van der Waals surface area contributed by atoms with Gasteiger partial charge in [-0.2, -0.15) is 0 Å². The van der Waals surface area contributed by atoms with Crippen molar-refractivity contribution >= 4 is 6.03 Å². The van der Waals surface area contributed by atoms with Crippen molar-refractivity contribution in [1.29, 1.82) is 0 Å². The lowest BCUT2D eigenvalue weighted by molar-refractivity contribution is -0.0600. The maximum atomic E-state index is 13.6. The zero-order valence-corrected chi connectivity index (χ0v) is 12.8. The van der Waals surface area contributed by atoms with Crippen molar-refractivity contribution in [2.75, 3.05) is 19.8 Å². The van der Waals surface area contributed by atoms with Gasteiger partial charge in [0.1, 0.15) is 5.82 Å². The lowest BCUT2D eigenvalue weighted by Crippen LogP contribution is -2.50. The van der Waals surface area contributed by atoms with Gasteiger partial charge in [0.15, 0.2) is 0 Å². The van der Waals surface area contributed by atoms with Crippen molar-refractivity contribution in [2.24, 2.45) is 0 Å². The molecule has 0 spiro atoms. The van der Waals surface area contributed by atoms with Crippen molar-refractivity contribution in [3.63, 3.8) is 0 Å². The maximum Gasteiger partial charge on any atom is 0.315 e. The van der Waals surface area contributed by atoms with Crippen molar-refractivity contribution in [3.05, 3.63) is 35.6 Å². The van der Waals surface area contributed by atoms with Crippen molar-refractivity contribution in [2.45, 2.75) is 37.8 Å². The molecule has 2 rings (SSSR count). The summed E-state index contributed by atoms with van der Waals surface area (Å²) in [6.45, 7) is 3.01. The van der Waals surface area contributed by atoms with Crippen LogP contribution in [0.1, 0.15) is 25.3 Å². The van der Waals surface area contributed by atoms with Gasteiger partial charge in [-0.05, 0) is 25.0 Å². The average Bonchev–Trinajstić information content (AvgIpc) is 2.48. The summed E-state index contributed by atoms with van der Waals surface area (Å²) >= 11 is 0. The number of nitrogens with one attached hydrogen (secondary N) is 2. The molecule has 0 bridgehead atoms. The molecule has 0 radical (unpaired) electrons. The topological polar surface area (TPSA) is 70.6 Å². The number of halogens is 1. The molecular weight excluding hydrogens is 287 g/mol. The fourth-order valence-electron chi connectivity index (χ4n) is 2.49. The first-order valence-electron chi connectivity index (χ1n) is 7.56. The zero-order valence-electron chi connectivity index (χ0n) is 12.8. The maximum absolute atomic E-state index is 13.6. The monoisotopic (exact) mass is 310 g/mol.